The normalized spacial score (nSPS) is 9.45. The molecule has 0 atom stereocenters. The highest BCUT2D eigenvalue weighted by Crippen LogP contribution is 2.09. The van der Waals surface area contributed by atoms with Crippen LogP contribution in [0.3, 0.4) is 0 Å². The van der Waals surface area contributed by atoms with E-state index in [2.05, 4.69) is 0 Å². The Labute approximate surface area is 67.3 Å². The molecule has 0 rings (SSSR count). The zero-order chi connectivity index (χ0) is 8.85. The largest absolute Gasteiger partial charge is 0.294 e. The number of ketones is 1. The summed E-state index contributed by atoms with van der Waals surface area (Å²) in [5.41, 5.74) is 0.298. The summed E-state index contributed by atoms with van der Waals surface area (Å²) in [7, 11) is 0. The van der Waals surface area contributed by atoms with E-state index in [1.54, 1.807) is 5.94 Å². The number of rotatable bonds is 4. The number of hydrogen-bond acceptors (Lipinski definition) is 2. The van der Waals surface area contributed by atoms with Gasteiger partial charge in [0.2, 0.25) is 0 Å². The highest BCUT2D eigenvalue weighted by atomic mass is 16.1. The predicted molar refractivity (Wildman–Crippen MR) is 44.0 cm³/mol. The highest BCUT2D eigenvalue weighted by molar-refractivity contribution is 6.02. The second-order valence-electron chi connectivity index (χ2n) is 2.84. The van der Waals surface area contributed by atoms with Gasteiger partial charge in [0.05, 0.1) is 5.57 Å². The standard InChI is InChI=1S/C9H14O2/c1-4-5-9(11)8(6-10)7(2)3/h7H,4-5H2,1-3H3. The first-order valence-electron chi connectivity index (χ1n) is 3.91. The highest BCUT2D eigenvalue weighted by Gasteiger charge is 2.12. The van der Waals surface area contributed by atoms with Gasteiger partial charge in [0.1, 0.15) is 5.94 Å². The Morgan fingerprint density at radius 2 is 2.00 bits per heavy atom. The number of allylic oxidation sites excluding steroid dienone is 1. The minimum Gasteiger partial charge on any atom is -0.294 e. The van der Waals surface area contributed by atoms with Crippen LogP contribution < -0.4 is 0 Å². The lowest BCUT2D eigenvalue weighted by Crippen LogP contribution is -2.08. The topological polar surface area (TPSA) is 34.1 Å². The third-order valence-corrected chi connectivity index (χ3v) is 1.46. The molecule has 0 aliphatic carbocycles. The smallest absolute Gasteiger partial charge is 0.170 e. The summed E-state index contributed by atoms with van der Waals surface area (Å²) in [5, 5.41) is 0. The molecule has 11 heavy (non-hydrogen) atoms. The van der Waals surface area contributed by atoms with E-state index < -0.39 is 0 Å². The van der Waals surface area contributed by atoms with Crippen LogP contribution >= 0.6 is 0 Å². The maximum atomic E-state index is 11.1. The summed E-state index contributed by atoms with van der Waals surface area (Å²) in [4.78, 5) is 21.4. The molecule has 0 radical (unpaired) electrons. The molecular formula is C9H14O2. The van der Waals surface area contributed by atoms with Crippen LogP contribution in [0.15, 0.2) is 5.57 Å². The van der Waals surface area contributed by atoms with Gasteiger partial charge >= 0.3 is 0 Å². The fourth-order valence-corrected chi connectivity index (χ4v) is 0.858. The first-order chi connectivity index (χ1) is 5.13. The molecule has 0 aromatic carbocycles. The lowest BCUT2D eigenvalue weighted by molar-refractivity contribution is -0.115. The first-order valence-corrected chi connectivity index (χ1v) is 3.91. The van der Waals surface area contributed by atoms with Gasteiger partial charge in [-0.25, -0.2) is 4.79 Å². The maximum absolute atomic E-state index is 11.1. The fourth-order valence-electron chi connectivity index (χ4n) is 0.858. The fraction of sp³-hybridized carbons (Fsp3) is 0.667. The van der Waals surface area contributed by atoms with Crippen molar-refractivity contribution in [1.29, 1.82) is 0 Å². The molecule has 0 fully saturated rings. The zero-order valence-corrected chi connectivity index (χ0v) is 7.31. The Hall–Kier alpha value is -0.880. The average Bonchev–Trinajstić information content (AvgIpc) is 1.88. The minimum atomic E-state index is -0.0579. The number of carbonyl (C=O) groups excluding carboxylic acids is 2. The van der Waals surface area contributed by atoms with Crippen LogP contribution in [0, 0.1) is 5.92 Å². The van der Waals surface area contributed by atoms with Crippen molar-refractivity contribution in [2.24, 2.45) is 5.92 Å². The van der Waals surface area contributed by atoms with Crippen molar-refractivity contribution in [3.63, 3.8) is 0 Å². The molecule has 0 N–H and O–H groups in total. The summed E-state index contributed by atoms with van der Waals surface area (Å²) >= 11 is 0. The second kappa shape index (κ2) is 4.86. The average molecular weight is 154 g/mol. The van der Waals surface area contributed by atoms with Gasteiger partial charge < -0.3 is 0 Å². The summed E-state index contributed by atoms with van der Waals surface area (Å²) in [6, 6.07) is 0. The van der Waals surface area contributed by atoms with E-state index in [9.17, 15) is 9.59 Å². The first kappa shape index (κ1) is 10.1. The molecular weight excluding hydrogens is 140 g/mol. The van der Waals surface area contributed by atoms with E-state index in [4.69, 9.17) is 0 Å². The van der Waals surface area contributed by atoms with Gasteiger partial charge in [-0.3, -0.25) is 4.79 Å². The number of hydrogen-bond donors (Lipinski definition) is 0. The molecule has 62 valence electrons. The van der Waals surface area contributed by atoms with Crippen LogP contribution in [0.25, 0.3) is 0 Å². The second-order valence-corrected chi connectivity index (χ2v) is 2.84. The third-order valence-electron chi connectivity index (χ3n) is 1.46. The van der Waals surface area contributed by atoms with E-state index in [1.165, 1.54) is 0 Å². The van der Waals surface area contributed by atoms with E-state index >= 15 is 0 Å². The Kier molecular flexibility index (Phi) is 4.47. The van der Waals surface area contributed by atoms with E-state index in [1.807, 2.05) is 20.8 Å². The molecule has 0 spiro atoms. The molecule has 0 bridgehead atoms. The van der Waals surface area contributed by atoms with Crippen LogP contribution in [0.1, 0.15) is 33.6 Å². The molecule has 2 nitrogen and oxygen atoms in total. The Morgan fingerprint density at radius 1 is 1.45 bits per heavy atom. The van der Waals surface area contributed by atoms with Crippen LogP contribution in [-0.4, -0.2) is 11.7 Å². The summed E-state index contributed by atoms with van der Waals surface area (Å²) in [6.45, 7) is 5.57. The SMILES string of the molecule is CCCC(=O)C(=C=O)C(C)C. The van der Waals surface area contributed by atoms with Gasteiger partial charge in [0.15, 0.2) is 5.78 Å². The molecule has 0 saturated carbocycles. The minimum absolute atomic E-state index is 0.00606. The van der Waals surface area contributed by atoms with Crippen molar-refractivity contribution in [3.05, 3.63) is 5.57 Å². The van der Waals surface area contributed by atoms with Crippen molar-refractivity contribution in [3.8, 4) is 0 Å². The van der Waals surface area contributed by atoms with Crippen molar-refractivity contribution in [2.45, 2.75) is 33.6 Å². The number of carbonyl (C=O) groups is 1. The van der Waals surface area contributed by atoms with Gasteiger partial charge in [0, 0.05) is 6.42 Å². The van der Waals surface area contributed by atoms with E-state index in [0.29, 0.717) is 12.0 Å². The molecule has 0 saturated heterocycles. The van der Waals surface area contributed by atoms with Gasteiger partial charge in [-0.2, -0.15) is 0 Å². The Bertz CT molecular complexity index is 186. The van der Waals surface area contributed by atoms with Crippen LogP contribution in [0.4, 0.5) is 0 Å². The maximum Gasteiger partial charge on any atom is 0.170 e. The molecule has 2 heteroatoms. The van der Waals surface area contributed by atoms with Gasteiger partial charge in [-0.1, -0.05) is 20.8 Å². The Morgan fingerprint density at radius 3 is 2.27 bits per heavy atom. The summed E-state index contributed by atoms with van der Waals surface area (Å²) in [5.74, 6) is 1.65. The Balaban J connectivity index is 4.29. The molecule has 0 unspecified atom stereocenters. The molecule has 0 aromatic heterocycles. The van der Waals surface area contributed by atoms with E-state index in [0.717, 1.165) is 6.42 Å². The lowest BCUT2D eigenvalue weighted by atomic mass is 9.98. The monoisotopic (exact) mass is 154 g/mol. The molecule has 0 aliphatic heterocycles. The van der Waals surface area contributed by atoms with Crippen molar-refractivity contribution < 1.29 is 9.59 Å². The van der Waals surface area contributed by atoms with Gasteiger partial charge in [-0.05, 0) is 12.3 Å². The van der Waals surface area contributed by atoms with E-state index in [-0.39, 0.29) is 11.7 Å². The van der Waals surface area contributed by atoms with Gasteiger partial charge in [0.25, 0.3) is 0 Å². The molecule has 0 aromatic rings. The molecule has 0 amide bonds. The van der Waals surface area contributed by atoms with Crippen LogP contribution in [-0.2, 0) is 9.59 Å². The predicted octanol–water partition coefficient (Wildman–Crippen LogP) is 1.77. The van der Waals surface area contributed by atoms with Crippen molar-refractivity contribution in [1.82, 2.24) is 0 Å². The van der Waals surface area contributed by atoms with Crippen molar-refractivity contribution in [2.75, 3.05) is 0 Å². The number of Topliss-reactive ketones (excluding diaryl/α,β-unsaturated/α-hetero) is 1. The molecule has 0 aliphatic rings. The lowest BCUT2D eigenvalue weighted by Gasteiger charge is -2.03. The third kappa shape index (κ3) is 3.15. The van der Waals surface area contributed by atoms with Crippen LogP contribution in [0.2, 0.25) is 0 Å². The van der Waals surface area contributed by atoms with Crippen molar-refractivity contribution >= 4 is 11.7 Å². The molecule has 0 heterocycles. The summed E-state index contributed by atoms with van der Waals surface area (Å²) < 4.78 is 0. The van der Waals surface area contributed by atoms with Gasteiger partial charge in [-0.15, -0.1) is 0 Å². The zero-order valence-electron chi connectivity index (χ0n) is 7.31. The summed E-state index contributed by atoms with van der Waals surface area (Å²) in [6.07, 6.45) is 1.25. The van der Waals surface area contributed by atoms with Crippen LogP contribution in [0.5, 0.6) is 0 Å². The quantitative estimate of drug-likeness (QED) is 0.457.